The highest BCUT2D eigenvalue weighted by atomic mass is 19.1. The molecule has 0 aliphatic heterocycles. The van der Waals surface area contributed by atoms with Gasteiger partial charge in [0.15, 0.2) is 6.61 Å². The van der Waals surface area contributed by atoms with Gasteiger partial charge < -0.3 is 19.8 Å². The molecule has 8 heteroatoms. The van der Waals surface area contributed by atoms with Crippen molar-refractivity contribution in [2.45, 2.75) is 6.54 Å². The Morgan fingerprint density at radius 3 is 2.43 bits per heavy atom. The topological polar surface area (TPSA) is 80.6 Å². The standard InChI is InChI=1S/C20H16F2N2O4/c21-15-7-3-8-16(22)19(15)24-18(25)12-28-20(26)14-6-1-2-9-17(14)23-11-13-5-4-10-27-13/h1-10,23H,11-12H2,(H,24,25). The molecule has 0 aliphatic carbocycles. The van der Waals surface area contributed by atoms with Gasteiger partial charge in [-0.2, -0.15) is 0 Å². The van der Waals surface area contributed by atoms with E-state index in [0.29, 0.717) is 18.0 Å². The second kappa shape index (κ2) is 8.81. The molecule has 0 bridgehead atoms. The van der Waals surface area contributed by atoms with Crippen LogP contribution in [0.1, 0.15) is 16.1 Å². The Kier molecular flexibility index (Phi) is 6.01. The Balaban J connectivity index is 1.59. The molecule has 144 valence electrons. The van der Waals surface area contributed by atoms with Gasteiger partial charge in [-0.3, -0.25) is 4.79 Å². The second-order valence-electron chi connectivity index (χ2n) is 5.70. The third kappa shape index (κ3) is 4.73. The van der Waals surface area contributed by atoms with Gasteiger partial charge in [0, 0.05) is 5.69 Å². The molecule has 1 aromatic heterocycles. The fraction of sp³-hybridized carbons (Fsp3) is 0.100. The molecule has 28 heavy (non-hydrogen) atoms. The van der Waals surface area contributed by atoms with Crippen molar-refractivity contribution >= 4 is 23.3 Å². The molecule has 6 nitrogen and oxygen atoms in total. The molecular weight excluding hydrogens is 370 g/mol. The zero-order valence-electron chi connectivity index (χ0n) is 14.6. The molecule has 0 saturated carbocycles. The van der Waals surface area contributed by atoms with Crippen LogP contribution in [0.2, 0.25) is 0 Å². The molecule has 0 fully saturated rings. The first-order valence-corrected chi connectivity index (χ1v) is 8.31. The van der Waals surface area contributed by atoms with Crippen molar-refractivity contribution in [2.24, 2.45) is 0 Å². The van der Waals surface area contributed by atoms with E-state index < -0.39 is 35.8 Å². The van der Waals surface area contributed by atoms with Crippen molar-refractivity contribution in [1.29, 1.82) is 0 Å². The SMILES string of the molecule is O=C(COC(=O)c1ccccc1NCc1ccco1)Nc1c(F)cccc1F. The number of amides is 1. The van der Waals surface area contributed by atoms with Crippen LogP contribution in [0.5, 0.6) is 0 Å². The average molecular weight is 386 g/mol. The maximum Gasteiger partial charge on any atom is 0.340 e. The largest absolute Gasteiger partial charge is 0.467 e. The molecule has 3 rings (SSSR count). The lowest BCUT2D eigenvalue weighted by molar-refractivity contribution is -0.119. The summed E-state index contributed by atoms with van der Waals surface area (Å²) in [5.74, 6) is -2.79. The number of halogens is 2. The Bertz CT molecular complexity index is 954. The molecule has 0 saturated heterocycles. The minimum atomic E-state index is -0.924. The molecular formula is C20H16F2N2O4. The monoisotopic (exact) mass is 386 g/mol. The zero-order valence-corrected chi connectivity index (χ0v) is 14.6. The van der Waals surface area contributed by atoms with Crippen LogP contribution < -0.4 is 10.6 Å². The van der Waals surface area contributed by atoms with E-state index in [1.807, 2.05) is 5.32 Å². The first kappa shape index (κ1) is 19.1. The molecule has 0 spiro atoms. The van der Waals surface area contributed by atoms with Gasteiger partial charge in [-0.1, -0.05) is 18.2 Å². The smallest absolute Gasteiger partial charge is 0.340 e. The number of esters is 1. The number of para-hydroxylation sites is 2. The van der Waals surface area contributed by atoms with Crippen molar-refractivity contribution < 1.29 is 27.5 Å². The summed E-state index contributed by atoms with van der Waals surface area (Å²) in [6.45, 7) is -0.344. The van der Waals surface area contributed by atoms with Gasteiger partial charge in [0.05, 0.1) is 18.4 Å². The van der Waals surface area contributed by atoms with Crippen LogP contribution in [0.4, 0.5) is 20.2 Å². The molecule has 3 aromatic rings. The van der Waals surface area contributed by atoms with Gasteiger partial charge in [0.25, 0.3) is 5.91 Å². The van der Waals surface area contributed by atoms with Gasteiger partial charge in [-0.25, -0.2) is 13.6 Å². The van der Waals surface area contributed by atoms with Gasteiger partial charge >= 0.3 is 5.97 Å². The summed E-state index contributed by atoms with van der Waals surface area (Å²) in [6.07, 6.45) is 1.54. The van der Waals surface area contributed by atoms with Gasteiger partial charge in [-0.05, 0) is 36.4 Å². The number of carbonyl (C=O) groups is 2. The predicted octanol–water partition coefficient (Wildman–Crippen LogP) is 3.97. The van der Waals surface area contributed by atoms with Crippen molar-refractivity contribution in [1.82, 2.24) is 0 Å². The second-order valence-corrected chi connectivity index (χ2v) is 5.70. The minimum absolute atomic E-state index is 0.207. The van der Waals surface area contributed by atoms with Crippen LogP contribution in [-0.2, 0) is 16.1 Å². The van der Waals surface area contributed by atoms with E-state index in [9.17, 15) is 18.4 Å². The Labute approximate surface area is 159 Å². The number of furan rings is 1. The Morgan fingerprint density at radius 2 is 1.71 bits per heavy atom. The zero-order chi connectivity index (χ0) is 19.9. The van der Waals surface area contributed by atoms with E-state index >= 15 is 0 Å². The normalized spacial score (nSPS) is 10.4. The fourth-order valence-electron chi connectivity index (χ4n) is 2.41. The van der Waals surface area contributed by atoms with Crippen molar-refractivity contribution in [3.63, 3.8) is 0 Å². The van der Waals surface area contributed by atoms with E-state index in [1.54, 1.807) is 30.3 Å². The Hall–Kier alpha value is -3.68. The molecule has 0 aliphatic rings. The van der Waals surface area contributed by atoms with E-state index in [1.165, 1.54) is 18.4 Å². The van der Waals surface area contributed by atoms with Gasteiger partial charge in [-0.15, -0.1) is 0 Å². The number of ether oxygens (including phenoxy) is 1. The van der Waals surface area contributed by atoms with Gasteiger partial charge in [0.2, 0.25) is 0 Å². The number of nitrogens with one attached hydrogen (secondary N) is 2. The first-order chi connectivity index (χ1) is 13.5. The summed E-state index contributed by atoms with van der Waals surface area (Å²) in [7, 11) is 0. The molecule has 2 aromatic carbocycles. The lowest BCUT2D eigenvalue weighted by atomic mass is 10.2. The van der Waals surface area contributed by atoms with Crippen LogP contribution in [0.25, 0.3) is 0 Å². The van der Waals surface area contributed by atoms with Crippen LogP contribution >= 0.6 is 0 Å². The van der Waals surface area contributed by atoms with Crippen LogP contribution in [-0.4, -0.2) is 18.5 Å². The summed E-state index contributed by atoms with van der Waals surface area (Å²) in [5, 5.41) is 5.09. The summed E-state index contributed by atoms with van der Waals surface area (Å²) in [6, 6.07) is 13.3. The molecule has 0 unspecified atom stereocenters. The highest BCUT2D eigenvalue weighted by molar-refractivity contribution is 5.98. The first-order valence-electron chi connectivity index (χ1n) is 8.31. The summed E-state index contributed by atoms with van der Waals surface area (Å²) >= 11 is 0. The maximum atomic E-state index is 13.6. The van der Waals surface area contributed by atoms with Crippen LogP contribution in [0, 0.1) is 11.6 Å². The van der Waals surface area contributed by atoms with Crippen molar-refractivity contribution in [3.05, 3.63) is 83.8 Å². The lowest BCUT2D eigenvalue weighted by Crippen LogP contribution is -2.22. The number of carbonyl (C=O) groups excluding carboxylic acids is 2. The number of hydrogen-bond donors (Lipinski definition) is 2. The quantitative estimate of drug-likeness (QED) is 0.601. The molecule has 0 radical (unpaired) electrons. The van der Waals surface area contributed by atoms with Crippen molar-refractivity contribution in [2.75, 3.05) is 17.2 Å². The third-order valence-electron chi connectivity index (χ3n) is 3.74. The number of hydrogen-bond acceptors (Lipinski definition) is 5. The van der Waals surface area contributed by atoms with E-state index in [2.05, 4.69) is 5.32 Å². The maximum absolute atomic E-state index is 13.6. The van der Waals surface area contributed by atoms with E-state index in [4.69, 9.17) is 9.15 Å². The lowest BCUT2D eigenvalue weighted by Gasteiger charge is -2.11. The van der Waals surface area contributed by atoms with Gasteiger partial charge in [0.1, 0.15) is 23.1 Å². The average Bonchev–Trinajstić information content (AvgIpc) is 3.21. The molecule has 1 amide bonds. The highest BCUT2D eigenvalue weighted by Crippen LogP contribution is 2.19. The minimum Gasteiger partial charge on any atom is -0.467 e. The molecule has 1 heterocycles. The molecule has 2 N–H and O–H groups in total. The predicted molar refractivity (Wildman–Crippen MR) is 97.7 cm³/mol. The highest BCUT2D eigenvalue weighted by Gasteiger charge is 2.16. The Morgan fingerprint density at radius 1 is 0.964 bits per heavy atom. The summed E-state index contributed by atoms with van der Waals surface area (Å²) < 4.78 is 37.3. The molecule has 0 atom stereocenters. The number of rotatable bonds is 7. The third-order valence-corrected chi connectivity index (χ3v) is 3.74. The summed E-state index contributed by atoms with van der Waals surface area (Å²) in [5.41, 5.74) is 0.104. The summed E-state index contributed by atoms with van der Waals surface area (Å²) in [4.78, 5) is 24.2. The van der Waals surface area contributed by atoms with Crippen LogP contribution in [0.3, 0.4) is 0 Å². The van der Waals surface area contributed by atoms with E-state index in [0.717, 1.165) is 12.1 Å². The number of anilines is 2. The fourth-order valence-corrected chi connectivity index (χ4v) is 2.41. The van der Waals surface area contributed by atoms with Crippen molar-refractivity contribution in [3.8, 4) is 0 Å². The van der Waals surface area contributed by atoms with Crippen LogP contribution in [0.15, 0.2) is 65.3 Å². The van der Waals surface area contributed by atoms with E-state index in [-0.39, 0.29) is 5.56 Å². The number of benzene rings is 2.